The molecule has 1 saturated heterocycles. The van der Waals surface area contributed by atoms with Crippen LogP contribution in [-0.2, 0) is 37.7 Å². The fourth-order valence-corrected chi connectivity index (χ4v) is 4.53. The van der Waals surface area contributed by atoms with Crippen molar-refractivity contribution in [2.45, 2.75) is 38.0 Å². The van der Waals surface area contributed by atoms with Gasteiger partial charge >= 0.3 is 12.1 Å². The van der Waals surface area contributed by atoms with Gasteiger partial charge in [0.15, 0.2) is 0 Å². The van der Waals surface area contributed by atoms with Crippen LogP contribution in [0.25, 0.3) is 0 Å². The third-order valence-electron chi connectivity index (χ3n) is 6.60. The number of nitrogens with two attached hydrogens (primary N) is 1. The van der Waals surface area contributed by atoms with Crippen LogP contribution in [0.1, 0.15) is 30.0 Å². The number of primary amides is 1. The molecule has 2 aromatic rings. The van der Waals surface area contributed by atoms with Crippen LogP contribution in [0.2, 0.25) is 0 Å². The summed E-state index contributed by atoms with van der Waals surface area (Å²) in [6, 6.07) is 8.78. The number of hydrogen-bond donors (Lipinski definition) is 3. The first-order valence-electron chi connectivity index (χ1n) is 11.6. The molecule has 0 bridgehead atoms. The number of carbonyl (C=O) groups excluding carboxylic acids is 5. The average molecular weight is 512 g/mol. The van der Waals surface area contributed by atoms with Gasteiger partial charge in [0.25, 0.3) is 5.91 Å². The lowest BCUT2D eigenvalue weighted by Gasteiger charge is -2.28. The molecule has 2 aliphatic rings. The van der Waals surface area contributed by atoms with Crippen molar-refractivity contribution in [2.24, 2.45) is 5.73 Å². The first-order valence-corrected chi connectivity index (χ1v) is 11.6. The fourth-order valence-electron chi connectivity index (χ4n) is 4.53. The maximum atomic E-state index is 13.5. The van der Waals surface area contributed by atoms with Gasteiger partial charge in [-0.25, -0.2) is 18.9 Å². The monoisotopic (exact) mass is 511 g/mol. The highest BCUT2D eigenvalue weighted by molar-refractivity contribution is 6.06. The minimum Gasteiger partial charge on any atom is -0.427 e. The summed E-state index contributed by atoms with van der Waals surface area (Å²) in [6.45, 7) is 0.673. The van der Waals surface area contributed by atoms with Gasteiger partial charge < -0.3 is 26.0 Å². The van der Waals surface area contributed by atoms with Gasteiger partial charge in [0.2, 0.25) is 17.4 Å². The molecule has 1 aliphatic heterocycles. The summed E-state index contributed by atoms with van der Waals surface area (Å²) in [5, 5.41) is 5.09. The smallest absolute Gasteiger partial charge is 0.418 e. The van der Waals surface area contributed by atoms with Crippen LogP contribution in [0.4, 0.5) is 19.7 Å². The van der Waals surface area contributed by atoms with Crippen molar-refractivity contribution in [2.75, 3.05) is 18.9 Å². The summed E-state index contributed by atoms with van der Waals surface area (Å²) in [5.41, 5.74) is 6.09. The van der Waals surface area contributed by atoms with Crippen molar-refractivity contribution < 1.29 is 33.1 Å². The number of fused-ring (bicyclic) bond motifs is 2. The summed E-state index contributed by atoms with van der Waals surface area (Å²) in [6.07, 6.45) is -0.389. The summed E-state index contributed by atoms with van der Waals surface area (Å²) in [5.74, 6) is -2.65. The summed E-state index contributed by atoms with van der Waals surface area (Å²) >= 11 is 0. The second-order valence-electron chi connectivity index (χ2n) is 8.89. The Morgan fingerprint density at radius 2 is 1.89 bits per heavy atom. The Kier molecular flexibility index (Phi) is 6.84. The molecule has 4 N–H and O–H groups in total. The largest absolute Gasteiger partial charge is 0.427 e. The van der Waals surface area contributed by atoms with Crippen LogP contribution >= 0.6 is 0 Å². The summed E-state index contributed by atoms with van der Waals surface area (Å²) in [4.78, 5) is 64.8. The SMILES string of the molecule is CNC(=O)Nc1ccc2c(c1)CC[C@@]21OC(=O)N(CC(=O)N(Cc2ccc(F)cc2)[C@@H](C)C(N)=O)C1=O. The molecule has 6 amide bonds. The van der Waals surface area contributed by atoms with Gasteiger partial charge in [0.05, 0.1) is 0 Å². The maximum Gasteiger partial charge on any atom is 0.418 e. The van der Waals surface area contributed by atoms with Crippen LogP contribution in [0, 0.1) is 5.82 Å². The molecular weight excluding hydrogens is 485 g/mol. The second-order valence-corrected chi connectivity index (χ2v) is 8.89. The van der Waals surface area contributed by atoms with Gasteiger partial charge in [-0.2, -0.15) is 0 Å². The van der Waals surface area contributed by atoms with E-state index in [0.717, 1.165) is 15.4 Å². The number of hydrogen-bond acceptors (Lipinski definition) is 6. The van der Waals surface area contributed by atoms with E-state index in [0.29, 0.717) is 23.2 Å². The molecule has 37 heavy (non-hydrogen) atoms. The van der Waals surface area contributed by atoms with Crippen molar-refractivity contribution in [1.82, 2.24) is 15.1 Å². The Labute approximate surface area is 211 Å². The fraction of sp³-hybridized carbons (Fsp3) is 0.320. The number of amides is 6. The Bertz CT molecular complexity index is 1280. The van der Waals surface area contributed by atoms with E-state index in [2.05, 4.69) is 10.6 Å². The predicted octanol–water partition coefficient (Wildman–Crippen LogP) is 1.60. The molecule has 1 fully saturated rings. The molecule has 1 spiro atoms. The van der Waals surface area contributed by atoms with Gasteiger partial charge in [-0.15, -0.1) is 0 Å². The third-order valence-corrected chi connectivity index (χ3v) is 6.60. The van der Waals surface area contributed by atoms with Crippen molar-refractivity contribution in [1.29, 1.82) is 0 Å². The molecule has 1 aliphatic carbocycles. The first kappa shape index (κ1) is 25.6. The Morgan fingerprint density at radius 1 is 1.19 bits per heavy atom. The minimum atomic E-state index is -1.57. The molecule has 0 radical (unpaired) electrons. The second kappa shape index (κ2) is 9.88. The van der Waals surface area contributed by atoms with E-state index in [-0.39, 0.29) is 13.0 Å². The highest BCUT2D eigenvalue weighted by Gasteiger charge is 2.58. The number of nitrogens with zero attached hydrogens (tertiary/aromatic N) is 2. The van der Waals surface area contributed by atoms with Crippen LogP contribution in [-0.4, -0.2) is 59.3 Å². The number of imide groups is 1. The van der Waals surface area contributed by atoms with Crippen LogP contribution < -0.4 is 16.4 Å². The van der Waals surface area contributed by atoms with E-state index in [9.17, 15) is 28.4 Å². The van der Waals surface area contributed by atoms with E-state index >= 15 is 0 Å². The van der Waals surface area contributed by atoms with Gasteiger partial charge in [0, 0.05) is 31.3 Å². The number of aryl methyl sites for hydroxylation is 1. The Hall–Kier alpha value is -4.48. The third kappa shape index (κ3) is 4.82. The molecule has 0 aromatic heterocycles. The number of rotatable bonds is 7. The van der Waals surface area contributed by atoms with E-state index < -0.39 is 53.9 Å². The lowest BCUT2D eigenvalue weighted by molar-refractivity contribution is -0.144. The molecule has 194 valence electrons. The van der Waals surface area contributed by atoms with Gasteiger partial charge in [-0.3, -0.25) is 14.4 Å². The Balaban J connectivity index is 1.55. The molecule has 12 heteroatoms. The molecule has 0 saturated carbocycles. The highest BCUT2D eigenvalue weighted by atomic mass is 19.1. The topological polar surface area (TPSA) is 151 Å². The number of halogens is 1. The van der Waals surface area contributed by atoms with Gasteiger partial charge in [0.1, 0.15) is 18.4 Å². The lowest BCUT2D eigenvalue weighted by atomic mass is 9.94. The van der Waals surface area contributed by atoms with Gasteiger partial charge in [-0.05, 0) is 48.7 Å². The number of benzene rings is 2. The van der Waals surface area contributed by atoms with Crippen LogP contribution in [0.3, 0.4) is 0 Å². The standard InChI is InChI=1S/C25H26FN5O6/c1-14(21(27)33)30(12-15-3-5-17(26)6-4-15)20(32)13-31-22(34)25(37-24(31)36)10-9-16-11-18(7-8-19(16)25)29-23(35)28-2/h3-8,11,14H,9-10,12-13H2,1-2H3,(H2,27,33)(H2,28,29,35)/t14-,25+/m0/s1. The molecular formula is C25H26FN5O6. The van der Waals surface area contributed by atoms with E-state index in [1.165, 1.54) is 38.2 Å². The number of ether oxygens (including phenoxy) is 1. The van der Waals surface area contributed by atoms with E-state index in [1.54, 1.807) is 18.2 Å². The zero-order valence-electron chi connectivity index (χ0n) is 20.2. The first-order chi connectivity index (χ1) is 17.6. The molecule has 2 atom stereocenters. The van der Waals surface area contributed by atoms with Crippen molar-refractivity contribution >= 4 is 35.5 Å². The molecule has 2 aromatic carbocycles. The zero-order valence-corrected chi connectivity index (χ0v) is 20.2. The Morgan fingerprint density at radius 3 is 2.54 bits per heavy atom. The minimum absolute atomic E-state index is 0.0879. The van der Waals surface area contributed by atoms with E-state index in [4.69, 9.17) is 10.5 Å². The molecule has 1 heterocycles. The summed E-state index contributed by atoms with van der Waals surface area (Å²) in [7, 11) is 1.48. The van der Waals surface area contributed by atoms with Crippen LogP contribution in [0.5, 0.6) is 0 Å². The normalized spacial score (nSPS) is 18.8. The molecule has 4 rings (SSSR count). The van der Waals surface area contributed by atoms with Gasteiger partial charge in [-0.1, -0.05) is 18.2 Å². The summed E-state index contributed by atoms with van der Waals surface area (Å²) < 4.78 is 18.9. The number of carbonyl (C=O) groups is 5. The number of nitrogens with one attached hydrogen (secondary N) is 2. The van der Waals surface area contributed by atoms with E-state index in [1.807, 2.05) is 0 Å². The van der Waals surface area contributed by atoms with Crippen molar-refractivity contribution in [3.63, 3.8) is 0 Å². The number of urea groups is 1. The average Bonchev–Trinajstić information content (AvgIpc) is 3.34. The predicted molar refractivity (Wildman–Crippen MR) is 128 cm³/mol. The van der Waals surface area contributed by atoms with Crippen LogP contribution in [0.15, 0.2) is 42.5 Å². The quantitative estimate of drug-likeness (QED) is 0.514. The molecule has 11 nitrogen and oxygen atoms in total. The van der Waals surface area contributed by atoms with Crippen molar-refractivity contribution in [3.05, 3.63) is 65.0 Å². The number of anilines is 1. The lowest BCUT2D eigenvalue weighted by Crippen LogP contribution is -2.50. The maximum absolute atomic E-state index is 13.5. The van der Waals surface area contributed by atoms with Crippen molar-refractivity contribution in [3.8, 4) is 0 Å². The highest BCUT2D eigenvalue weighted by Crippen LogP contribution is 2.46. The zero-order chi connectivity index (χ0) is 26.9. The molecule has 0 unspecified atom stereocenters.